The van der Waals surface area contributed by atoms with E-state index in [-0.39, 0.29) is 0 Å². The summed E-state index contributed by atoms with van der Waals surface area (Å²) in [6.45, 7) is 11.5. The zero-order chi connectivity index (χ0) is 17.4. The summed E-state index contributed by atoms with van der Waals surface area (Å²) in [6.07, 6.45) is 0. The van der Waals surface area contributed by atoms with Gasteiger partial charge in [0.2, 0.25) is 0 Å². The van der Waals surface area contributed by atoms with Crippen LogP contribution in [-0.2, 0) is 16.1 Å². The number of hydrogen-bond donors (Lipinski definition) is 0. The number of hydrogen-bond acceptors (Lipinski definition) is 2. The Balaban J connectivity index is 1.80. The van der Waals surface area contributed by atoms with Crippen LogP contribution >= 0.6 is 0 Å². The molecule has 0 aliphatic carbocycles. The molecule has 0 radical (unpaired) electrons. The van der Waals surface area contributed by atoms with Crippen molar-refractivity contribution in [3.63, 3.8) is 0 Å². The third-order valence-corrected chi connectivity index (χ3v) is 3.96. The molecule has 0 unspecified atom stereocenters. The van der Waals surface area contributed by atoms with Gasteiger partial charge >= 0.3 is 0 Å². The maximum absolute atomic E-state index is 5.66. The predicted octanol–water partition coefficient (Wildman–Crippen LogP) is 5.67. The van der Waals surface area contributed by atoms with Crippen molar-refractivity contribution in [2.75, 3.05) is 19.8 Å². The molecule has 0 aromatic heterocycles. The Morgan fingerprint density at radius 1 is 0.708 bits per heavy atom. The van der Waals surface area contributed by atoms with Gasteiger partial charge in [0, 0.05) is 6.61 Å². The van der Waals surface area contributed by atoms with Gasteiger partial charge < -0.3 is 9.47 Å². The summed E-state index contributed by atoms with van der Waals surface area (Å²) >= 11 is 0. The van der Waals surface area contributed by atoms with Crippen molar-refractivity contribution in [2.45, 2.75) is 40.2 Å². The van der Waals surface area contributed by atoms with Crippen molar-refractivity contribution in [1.82, 2.24) is 0 Å². The topological polar surface area (TPSA) is 18.5 Å². The molecule has 0 saturated heterocycles. The van der Waals surface area contributed by atoms with E-state index in [0.717, 1.165) is 6.61 Å². The van der Waals surface area contributed by atoms with Gasteiger partial charge in [-0.25, -0.2) is 0 Å². The second kappa shape index (κ2) is 9.61. The molecule has 0 N–H and O–H groups in total. The maximum atomic E-state index is 5.66. The number of benzene rings is 2. The molecule has 2 aromatic rings. The second-order valence-corrected chi connectivity index (χ2v) is 6.99. The van der Waals surface area contributed by atoms with Gasteiger partial charge in [0.05, 0.1) is 19.8 Å². The molecule has 0 heterocycles. The fraction of sp³-hybridized carbons (Fsp3) is 0.455. The smallest absolute Gasteiger partial charge is 0.0718 e. The van der Waals surface area contributed by atoms with Crippen LogP contribution in [0.1, 0.15) is 44.7 Å². The third kappa shape index (κ3) is 6.10. The quantitative estimate of drug-likeness (QED) is 0.553. The van der Waals surface area contributed by atoms with E-state index in [1.54, 1.807) is 0 Å². The van der Waals surface area contributed by atoms with Crippen molar-refractivity contribution in [3.05, 3.63) is 59.7 Å². The molecule has 0 aliphatic rings. The highest BCUT2D eigenvalue weighted by atomic mass is 16.5. The predicted molar refractivity (Wildman–Crippen MR) is 101 cm³/mol. The van der Waals surface area contributed by atoms with E-state index in [2.05, 4.69) is 76.2 Å². The van der Waals surface area contributed by atoms with Crippen LogP contribution in [0.5, 0.6) is 0 Å². The first-order valence-corrected chi connectivity index (χ1v) is 8.91. The molecule has 2 heteroatoms. The summed E-state index contributed by atoms with van der Waals surface area (Å²) in [7, 11) is 0. The lowest BCUT2D eigenvalue weighted by atomic mass is 9.98. The second-order valence-electron chi connectivity index (χ2n) is 6.99. The van der Waals surface area contributed by atoms with Crippen LogP contribution in [0.4, 0.5) is 0 Å². The SMILES string of the molecule is CC(C)COCCOCc1ccc(-c2ccc(C(C)C)cc2)cc1. The minimum atomic E-state index is 0.572. The Morgan fingerprint density at radius 3 is 1.79 bits per heavy atom. The van der Waals surface area contributed by atoms with Crippen LogP contribution in [0.25, 0.3) is 11.1 Å². The molecule has 2 aromatic carbocycles. The molecular weight excluding hydrogens is 296 g/mol. The van der Waals surface area contributed by atoms with Crippen LogP contribution in [0.2, 0.25) is 0 Å². The molecule has 2 nitrogen and oxygen atoms in total. The molecule has 0 fully saturated rings. The Kier molecular flexibility index (Phi) is 7.48. The van der Waals surface area contributed by atoms with Gasteiger partial charge in [-0.1, -0.05) is 76.2 Å². The lowest BCUT2D eigenvalue weighted by Gasteiger charge is -2.09. The normalized spacial score (nSPS) is 11.4. The Hall–Kier alpha value is -1.64. The monoisotopic (exact) mass is 326 g/mol. The highest BCUT2D eigenvalue weighted by Gasteiger charge is 2.02. The van der Waals surface area contributed by atoms with Gasteiger partial charge in [-0.2, -0.15) is 0 Å². The van der Waals surface area contributed by atoms with E-state index in [9.17, 15) is 0 Å². The highest BCUT2D eigenvalue weighted by molar-refractivity contribution is 5.64. The molecule has 0 atom stereocenters. The molecule has 0 spiro atoms. The van der Waals surface area contributed by atoms with Crippen LogP contribution in [0.3, 0.4) is 0 Å². The molecule has 0 bridgehead atoms. The van der Waals surface area contributed by atoms with Gasteiger partial charge in [0.15, 0.2) is 0 Å². The lowest BCUT2D eigenvalue weighted by Crippen LogP contribution is -2.08. The van der Waals surface area contributed by atoms with E-state index in [0.29, 0.717) is 31.7 Å². The fourth-order valence-corrected chi connectivity index (χ4v) is 2.48. The van der Waals surface area contributed by atoms with Crippen LogP contribution < -0.4 is 0 Å². The molecular formula is C22H30O2. The van der Waals surface area contributed by atoms with E-state index in [4.69, 9.17) is 9.47 Å². The summed E-state index contributed by atoms with van der Waals surface area (Å²) in [5.74, 6) is 1.15. The van der Waals surface area contributed by atoms with Gasteiger partial charge in [-0.3, -0.25) is 0 Å². The Bertz CT molecular complexity index is 582. The fourth-order valence-electron chi connectivity index (χ4n) is 2.48. The molecule has 0 aliphatic heterocycles. The van der Waals surface area contributed by atoms with Crippen molar-refractivity contribution in [3.8, 4) is 11.1 Å². The van der Waals surface area contributed by atoms with Crippen molar-refractivity contribution < 1.29 is 9.47 Å². The van der Waals surface area contributed by atoms with Crippen molar-refractivity contribution >= 4 is 0 Å². The summed E-state index contributed by atoms with van der Waals surface area (Å²) < 4.78 is 11.2. The molecule has 130 valence electrons. The minimum Gasteiger partial charge on any atom is -0.379 e. The zero-order valence-corrected chi connectivity index (χ0v) is 15.4. The Labute approximate surface area is 146 Å². The van der Waals surface area contributed by atoms with Gasteiger partial charge in [0.1, 0.15) is 0 Å². The lowest BCUT2D eigenvalue weighted by molar-refractivity contribution is 0.0314. The number of ether oxygens (including phenoxy) is 2. The van der Waals surface area contributed by atoms with Crippen LogP contribution in [0, 0.1) is 5.92 Å². The molecule has 24 heavy (non-hydrogen) atoms. The molecule has 0 amide bonds. The van der Waals surface area contributed by atoms with E-state index in [1.165, 1.54) is 22.3 Å². The van der Waals surface area contributed by atoms with Crippen molar-refractivity contribution in [1.29, 1.82) is 0 Å². The van der Waals surface area contributed by atoms with Crippen molar-refractivity contribution in [2.24, 2.45) is 5.92 Å². The standard InChI is InChI=1S/C22H30O2/c1-17(2)15-23-13-14-24-16-19-5-7-21(8-6-19)22-11-9-20(10-12-22)18(3)4/h5-12,17-18H,13-16H2,1-4H3. The van der Waals surface area contributed by atoms with E-state index in [1.807, 2.05) is 0 Å². The largest absolute Gasteiger partial charge is 0.379 e. The summed E-state index contributed by atoms with van der Waals surface area (Å²) in [5, 5.41) is 0. The van der Waals surface area contributed by atoms with Gasteiger partial charge in [0.25, 0.3) is 0 Å². The molecule has 0 saturated carbocycles. The number of rotatable bonds is 9. The maximum Gasteiger partial charge on any atom is 0.0718 e. The summed E-state index contributed by atoms with van der Waals surface area (Å²) in [5.41, 5.74) is 5.08. The average Bonchev–Trinajstić information content (AvgIpc) is 2.58. The van der Waals surface area contributed by atoms with E-state index >= 15 is 0 Å². The third-order valence-electron chi connectivity index (χ3n) is 3.96. The Morgan fingerprint density at radius 2 is 1.25 bits per heavy atom. The first-order valence-electron chi connectivity index (χ1n) is 8.91. The minimum absolute atomic E-state index is 0.572. The zero-order valence-electron chi connectivity index (χ0n) is 15.4. The van der Waals surface area contributed by atoms with Gasteiger partial charge in [-0.15, -0.1) is 0 Å². The molecule has 2 rings (SSSR count). The summed E-state index contributed by atoms with van der Waals surface area (Å²) in [4.78, 5) is 0. The van der Waals surface area contributed by atoms with Gasteiger partial charge in [-0.05, 0) is 34.1 Å². The summed E-state index contributed by atoms with van der Waals surface area (Å²) in [6, 6.07) is 17.4. The average molecular weight is 326 g/mol. The first kappa shape index (κ1) is 18.7. The first-order chi connectivity index (χ1) is 11.6. The van der Waals surface area contributed by atoms with Crippen LogP contribution in [-0.4, -0.2) is 19.8 Å². The van der Waals surface area contributed by atoms with Crippen LogP contribution in [0.15, 0.2) is 48.5 Å². The highest BCUT2D eigenvalue weighted by Crippen LogP contribution is 2.23. The van der Waals surface area contributed by atoms with E-state index < -0.39 is 0 Å².